The number of pyridine rings is 1. The Kier molecular flexibility index (Phi) is 7.40. The minimum atomic E-state index is -0.0549. The molecule has 2 aromatic carbocycles. The van der Waals surface area contributed by atoms with Crippen molar-refractivity contribution in [3.05, 3.63) is 83.6 Å². The number of benzene rings is 2. The fourth-order valence-electron chi connectivity index (χ4n) is 3.62. The number of ether oxygens (including phenoxy) is 1. The Morgan fingerprint density at radius 3 is 2.00 bits per heavy atom. The monoisotopic (exact) mass is 431 g/mol. The van der Waals surface area contributed by atoms with Crippen molar-refractivity contribution in [3.63, 3.8) is 0 Å². The predicted octanol–water partition coefficient (Wildman–Crippen LogP) is 7.48. The van der Waals surface area contributed by atoms with Gasteiger partial charge >= 0.3 is 0 Å². The van der Waals surface area contributed by atoms with E-state index in [1.165, 1.54) is 5.56 Å². The minimum Gasteiger partial charge on any atom is -0.484 e. The standard InChI is InChI=1S/C29H37NO2/c1-28(2,3)18-17-27(23-9-7-21(20-31)8-10-23)32-25-15-16-26(30-19-25)22-11-13-24(14-12-22)29(4,5)6/h7-16,19,27,31H,17-18,20H2,1-6H3. The summed E-state index contributed by atoms with van der Waals surface area (Å²) >= 11 is 0. The van der Waals surface area contributed by atoms with Crippen molar-refractivity contribution in [3.8, 4) is 17.0 Å². The lowest BCUT2D eigenvalue weighted by Gasteiger charge is -2.24. The third kappa shape index (κ3) is 6.67. The van der Waals surface area contributed by atoms with Crippen LogP contribution in [0.5, 0.6) is 5.75 Å². The summed E-state index contributed by atoms with van der Waals surface area (Å²) in [7, 11) is 0. The second-order valence-corrected chi connectivity index (χ2v) is 10.8. The lowest BCUT2D eigenvalue weighted by atomic mass is 9.86. The van der Waals surface area contributed by atoms with Gasteiger partial charge in [-0.2, -0.15) is 0 Å². The summed E-state index contributed by atoms with van der Waals surface area (Å²) in [6, 6.07) is 20.7. The predicted molar refractivity (Wildman–Crippen MR) is 133 cm³/mol. The molecule has 0 aliphatic rings. The van der Waals surface area contributed by atoms with E-state index in [2.05, 4.69) is 82.9 Å². The van der Waals surface area contributed by atoms with Gasteiger partial charge in [-0.1, -0.05) is 90.1 Å². The van der Waals surface area contributed by atoms with Crippen LogP contribution in [0.25, 0.3) is 11.3 Å². The summed E-state index contributed by atoms with van der Waals surface area (Å²) in [5.74, 6) is 0.769. The second kappa shape index (κ2) is 9.87. The van der Waals surface area contributed by atoms with Gasteiger partial charge in [0.1, 0.15) is 11.9 Å². The molecule has 0 spiro atoms. The van der Waals surface area contributed by atoms with E-state index in [9.17, 15) is 5.11 Å². The SMILES string of the molecule is CC(C)(C)CCC(Oc1ccc(-c2ccc(C(C)(C)C)cc2)nc1)c1ccc(CO)cc1. The van der Waals surface area contributed by atoms with Crippen LogP contribution in [0.1, 0.15) is 77.2 Å². The van der Waals surface area contributed by atoms with Gasteiger partial charge in [0.05, 0.1) is 18.5 Å². The van der Waals surface area contributed by atoms with Crippen LogP contribution >= 0.6 is 0 Å². The Hall–Kier alpha value is -2.65. The first-order valence-electron chi connectivity index (χ1n) is 11.5. The Labute approximate surface area is 193 Å². The van der Waals surface area contributed by atoms with Crippen LogP contribution in [-0.2, 0) is 12.0 Å². The van der Waals surface area contributed by atoms with Gasteiger partial charge in [-0.25, -0.2) is 0 Å². The molecule has 1 unspecified atom stereocenters. The maximum atomic E-state index is 9.35. The van der Waals surface area contributed by atoms with Crippen molar-refractivity contribution in [2.45, 2.75) is 72.5 Å². The maximum Gasteiger partial charge on any atom is 0.138 e. The molecule has 1 atom stereocenters. The molecule has 0 radical (unpaired) electrons. The average molecular weight is 432 g/mol. The molecule has 0 aliphatic heterocycles. The molecule has 3 rings (SSSR count). The average Bonchev–Trinajstić information content (AvgIpc) is 2.76. The Morgan fingerprint density at radius 1 is 0.844 bits per heavy atom. The number of aliphatic hydroxyl groups is 1. The lowest BCUT2D eigenvalue weighted by Crippen LogP contribution is -2.13. The number of rotatable bonds is 7. The van der Waals surface area contributed by atoms with Crippen molar-refractivity contribution in [1.29, 1.82) is 0 Å². The van der Waals surface area contributed by atoms with Gasteiger partial charge in [0.2, 0.25) is 0 Å². The third-order valence-corrected chi connectivity index (χ3v) is 5.75. The molecule has 0 aliphatic carbocycles. The molecule has 0 saturated carbocycles. The molecule has 1 N–H and O–H groups in total. The zero-order valence-corrected chi connectivity index (χ0v) is 20.4. The number of nitrogens with zero attached hydrogens (tertiary/aromatic N) is 1. The zero-order chi connectivity index (χ0) is 23.4. The number of hydrogen-bond acceptors (Lipinski definition) is 3. The molecule has 0 fully saturated rings. The first kappa shape index (κ1) is 24.0. The van der Waals surface area contributed by atoms with E-state index in [0.29, 0.717) is 0 Å². The fourth-order valence-corrected chi connectivity index (χ4v) is 3.62. The lowest BCUT2D eigenvalue weighted by molar-refractivity contribution is 0.171. The van der Waals surface area contributed by atoms with Crippen LogP contribution in [0.3, 0.4) is 0 Å². The summed E-state index contributed by atoms with van der Waals surface area (Å²) in [5, 5.41) is 9.35. The van der Waals surface area contributed by atoms with E-state index < -0.39 is 0 Å². The molecule has 1 aromatic heterocycles. The highest BCUT2D eigenvalue weighted by molar-refractivity contribution is 5.60. The quantitative estimate of drug-likeness (QED) is 0.421. The molecular formula is C29H37NO2. The van der Waals surface area contributed by atoms with Crippen molar-refractivity contribution in [2.75, 3.05) is 0 Å². The smallest absolute Gasteiger partial charge is 0.138 e. The van der Waals surface area contributed by atoms with E-state index in [1.54, 1.807) is 0 Å². The maximum absolute atomic E-state index is 9.35. The van der Waals surface area contributed by atoms with Gasteiger partial charge in [-0.15, -0.1) is 0 Å². The molecule has 0 bridgehead atoms. The van der Waals surface area contributed by atoms with Crippen LogP contribution in [0.15, 0.2) is 66.9 Å². The molecule has 0 saturated heterocycles. The Morgan fingerprint density at radius 2 is 1.50 bits per heavy atom. The molecular weight excluding hydrogens is 394 g/mol. The van der Waals surface area contributed by atoms with Gasteiger partial charge < -0.3 is 9.84 Å². The first-order valence-corrected chi connectivity index (χ1v) is 11.5. The van der Waals surface area contributed by atoms with E-state index in [0.717, 1.165) is 41.0 Å². The summed E-state index contributed by atoms with van der Waals surface area (Å²) in [6.07, 6.45) is 3.73. The van der Waals surface area contributed by atoms with Gasteiger partial charge in [0.25, 0.3) is 0 Å². The zero-order valence-electron chi connectivity index (χ0n) is 20.4. The highest BCUT2D eigenvalue weighted by atomic mass is 16.5. The highest BCUT2D eigenvalue weighted by Gasteiger charge is 2.19. The summed E-state index contributed by atoms with van der Waals surface area (Å²) < 4.78 is 6.40. The molecule has 0 amide bonds. The number of aromatic nitrogens is 1. The highest BCUT2D eigenvalue weighted by Crippen LogP contribution is 2.32. The van der Waals surface area contributed by atoms with Crippen LogP contribution < -0.4 is 4.74 Å². The summed E-state index contributed by atoms with van der Waals surface area (Å²) in [4.78, 5) is 4.67. The molecule has 3 heteroatoms. The van der Waals surface area contributed by atoms with E-state index >= 15 is 0 Å². The fraction of sp³-hybridized carbons (Fsp3) is 0.414. The second-order valence-electron chi connectivity index (χ2n) is 10.8. The largest absolute Gasteiger partial charge is 0.484 e. The Bertz CT molecular complexity index is 976. The molecule has 32 heavy (non-hydrogen) atoms. The third-order valence-electron chi connectivity index (χ3n) is 5.75. The molecule has 3 aromatic rings. The van der Waals surface area contributed by atoms with Crippen molar-refractivity contribution < 1.29 is 9.84 Å². The van der Waals surface area contributed by atoms with E-state index in [-0.39, 0.29) is 23.5 Å². The van der Waals surface area contributed by atoms with E-state index in [4.69, 9.17) is 4.74 Å². The number of aliphatic hydroxyl groups excluding tert-OH is 1. The van der Waals surface area contributed by atoms with Crippen molar-refractivity contribution >= 4 is 0 Å². The summed E-state index contributed by atoms with van der Waals surface area (Å²) in [6.45, 7) is 13.5. The van der Waals surface area contributed by atoms with Crippen molar-refractivity contribution in [1.82, 2.24) is 4.98 Å². The number of hydrogen-bond donors (Lipinski definition) is 1. The molecule has 170 valence electrons. The summed E-state index contributed by atoms with van der Waals surface area (Å²) in [5.41, 5.74) is 5.76. The molecule has 1 heterocycles. The topological polar surface area (TPSA) is 42.4 Å². The van der Waals surface area contributed by atoms with E-state index in [1.807, 2.05) is 30.5 Å². The van der Waals surface area contributed by atoms with Crippen LogP contribution in [0.4, 0.5) is 0 Å². The van der Waals surface area contributed by atoms with Crippen molar-refractivity contribution in [2.24, 2.45) is 5.41 Å². The molecule has 3 nitrogen and oxygen atoms in total. The normalized spacial score (nSPS) is 13.1. The first-order chi connectivity index (χ1) is 15.0. The van der Waals surface area contributed by atoms with Crippen LogP contribution in [0.2, 0.25) is 0 Å². The Balaban J connectivity index is 1.77. The van der Waals surface area contributed by atoms with Crippen LogP contribution in [-0.4, -0.2) is 10.1 Å². The van der Waals surface area contributed by atoms with Crippen LogP contribution in [0, 0.1) is 5.41 Å². The van der Waals surface area contributed by atoms with Gasteiger partial charge in [-0.05, 0) is 52.5 Å². The van der Waals surface area contributed by atoms with Gasteiger partial charge in [-0.3, -0.25) is 4.98 Å². The minimum absolute atomic E-state index is 0.0515. The van der Waals surface area contributed by atoms with Gasteiger partial charge in [0, 0.05) is 5.56 Å². The van der Waals surface area contributed by atoms with Gasteiger partial charge in [0.15, 0.2) is 0 Å².